The minimum absolute atomic E-state index is 0. The van der Waals surface area contributed by atoms with Gasteiger partial charge in [-0.15, -0.1) is 0 Å². The molecule has 0 bridgehead atoms. The zero-order valence-corrected chi connectivity index (χ0v) is 14.5. The van der Waals surface area contributed by atoms with E-state index in [0.717, 1.165) is 13.0 Å². The fourth-order valence-corrected chi connectivity index (χ4v) is 2.23. The highest BCUT2D eigenvalue weighted by Gasteiger charge is 1.98. The largest absolute Gasteiger partial charge is 1.00 e. The summed E-state index contributed by atoms with van der Waals surface area (Å²) in [5, 5.41) is 0. The molecule has 1 aromatic rings. The maximum absolute atomic E-state index is 5.59. The number of hydrogen-bond donors (Lipinski definition) is 0. The van der Waals surface area contributed by atoms with Crippen molar-refractivity contribution in [3.05, 3.63) is 30.6 Å². The lowest BCUT2D eigenvalue weighted by molar-refractivity contribution is -0.891. The van der Waals surface area contributed by atoms with E-state index in [9.17, 15) is 0 Å². The molecule has 0 amide bonds. The highest BCUT2D eigenvalue weighted by atomic mass is 79.9. The molecule has 1 aromatic heterocycles. The molecule has 0 fully saturated rings. The molecule has 0 aromatic carbocycles. The Balaban J connectivity index is 0.00000361. The molecule has 0 aliphatic carbocycles. The molecule has 20 heavy (non-hydrogen) atoms. The molecule has 1 rings (SSSR count). The zero-order valence-electron chi connectivity index (χ0n) is 12.9. The summed E-state index contributed by atoms with van der Waals surface area (Å²) >= 11 is 0. The SMILES string of the molecule is CCCCCCCCCCCCO[n+]1ccccc1.[Br-]. The molecule has 0 saturated heterocycles. The van der Waals surface area contributed by atoms with Crippen LogP contribution in [0.1, 0.15) is 71.1 Å². The normalized spacial score (nSPS) is 10.1. The fourth-order valence-electron chi connectivity index (χ4n) is 2.23. The molecule has 0 saturated carbocycles. The van der Waals surface area contributed by atoms with Gasteiger partial charge in [0.05, 0.1) is 0 Å². The lowest BCUT2D eigenvalue weighted by Crippen LogP contribution is -3.00. The third kappa shape index (κ3) is 11.3. The number of halogens is 1. The van der Waals surface area contributed by atoms with Gasteiger partial charge < -0.3 is 17.0 Å². The van der Waals surface area contributed by atoms with Crippen LogP contribution in [-0.4, -0.2) is 6.61 Å². The van der Waals surface area contributed by atoms with Gasteiger partial charge in [0.25, 0.3) is 0 Å². The number of pyridine rings is 1. The van der Waals surface area contributed by atoms with Crippen LogP contribution >= 0.6 is 0 Å². The Labute approximate surface area is 135 Å². The van der Waals surface area contributed by atoms with Gasteiger partial charge in [-0.2, -0.15) is 0 Å². The Morgan fingerprint density at radius 3 is 1.75 bits per heavy atom. The predicted octanol–water partition coefficient (Wildman–Crippen LogP) is 1.33. The molecular weight excluding hydrogens is 314 g/mol. The molecule has 0 atom stereocenters. The Bertz CT molecular complexity index is 292. The van der Waals surface area contributed by atoms with Crippen molar-refractivity contribution >= 4 is 0 Å². The predicted molar refractivity (Wildman–Crippen MR) is 79.9 cm³/mol. The lowest BCUT2D eigenvalue weighted by Gasteiger charge is -2.01. The van der Waals surface area contributed by atoms with Crippen LogP contribution in [-0.2, 0) is 0 Å². The fraction of sp³-hybridized carbons (Fsp3) is 0.706. The third-order valence-electron chi connectivity index (χ3n) is 3.43. The van der Waals surface area contributed by atoms with E-state index < -0.39 is 0 Å². The van der Waals surface area contributed by atoms with Gasteiger partial charge in [0, 0.05) is 16.9 Å². The second-order valence-electron chi connectivity index (χ2n) is 5.25. The number of nitrogens with zero attached hydrogens (tertiary/aromatic N) is 1. The molecule has 0 spiro atoms. The number of rotatable bonds is 12. The molecule has 116 valence electrons. The van der Waals surface area contributed by atoms with Gasteiger partial charge in [0.1, 0.15) is 0 Å². The van der Waals surface area contributed by atoms with Crippen molar-refractivity contribution < 1.29 is 26.5 Å². The van der Waals surface area contributed by atoms with Gasteiger partial charge in [-0.05, 0) is 12.8 Å². The maximum Gasteiger partial charge on any atom is 0.222 e. The monoisotopic (exact) mass is 343 g/mol. The van der Waals surface area contributed by atoms with Crippen LogP contribution in [0.25, 0.3) is 0 Å². The zero-order chi connectivity index (χ0) is 13.6. The summed E-state index contributed by atoms with van der Waals surface area (Å²) in [7, 11) is 0. The maximum atomic E-state index is 5.59. The van der Waals surface area contributed by atoms with Crippen LogP contribution in [0.4, 0.5) is 0 Å². The second kappa shape index (κ2) is 14.8. The summed E-state index contributed by atoms with van der Waals surface area (Å²) in [5.74, 6) is 0. The van der Waals surface area contributed by atoms with Crippen molar-refractivity contribution in [1.82, 2.24) is 0 Å². The van der Waals surface area contributed by atoms with Gasteiger partial charge in [0.15, 0.2) is 6.61 Å². The number of hydrogen-bond acceptors (Lipinski definition) is 1. The first kappa shape index (κ1) is 19.4. The first-order valence-corrected chi connectivity index (χ1v) is 8.03. The summed E-state index contributed by atoms with van der Waals surface area (Å²) in [6.45, 7) is 3.10. The average Bonchev–Trinajstić information content (AvgIpc) is 2.46. The van der Waals surface area contributed by atoms with Crippen molar-refractivity contribution in [2.45, 2.75) is 71.1 Å². The average molecular weight is 344 g/mol. The molecule has 1 heterocycles. The molecule has 0 radical (unpaired) electrons. The smallest absolute Gasteiger partial charge is 0.222 e. The van der Waals surface area contributed by atoms with E-state index in [-0.39, 0.29) is 17.0 Å². The van der Waals surface area contributed by atoms with Crippen LogP contribution in [0.5, 0.6) is 0 Å². The minimum atomic E-state index is 0. The van der Waals surface area contributed by atoms with Gasteiger partial charge >= 0.3 is 0 Å². The molecule has 0 aliphatic heterocycles. The van der Waals surface area contributed by atoms with E-state index >= 15 is 0 Å². The summed E-state index contributed by atoms with van der Waals surface area (Å²) in [6, 6.07) is 5.97. The first-order chi connectivity index (χ1) is 9.43. The molecule has 0 unspecified atom stereocenters. The number of aromatic nitrogens is 1. The quantitative estimate of drug-likeness (QED) is 0.412. The van der Waals surface area contributed by atoms with Crippen molar-refractivity contribution in [2.24, 2.45) is 0 Å². The van der Waals surface area contributed by atoms with E-state index in [1.54, 1.807) is 4.73 Å². The van der Waals surface area contributed by atoms with Crippen LogP contribution in [0.3, 0.4) is 0 Å². The second-order valence-corrected chi connectivity index (χ2v) is 5.25. The Morgan fingerprint density at radius 1 is 0.700 bits per heavy atom. The lowest BCUT2D eigenvalue weighted by atomic mass is 10.1. The molecule has 0 aliphatic rings. The Morgan fingerprint density at radius 2 is 1.20 bits per heavy atom. The van der Waals surface area contributed by atoms with Crippen molar-refractivity contribution in [3.8, 4) is 0 Å². The van der Waals surface area contributed by atoms with Crippen molar-refractivity contribution in [1.29, 1.82) is 0 Å². The van der Waals surface area contributed by atoms with E-state index in [0.29, 0.717) is 0 Å². The van der Waals surface area contributed by atoms with Crippen LogP contribution in [0.15, 0.2) is 30.6 Å². The van der Waals surface area contributed by atoms with E-state index in [2.05, 4.69) is 6.92 Å². The molecular formula is C17H30BrNO. The molecule has 0 N–H and O–H groups in total. The van der Waals surface area contributed by atoms with E-state index in [4.69, 9.17) is 4.84 Å². The van der Waals surface area contributed by atoms with Gasteiger partial charge in [-0.3, -0.25) is 4.84 Å². The standard InChI is InChI=1S/C17H30NO.BrH/c1-2-3-4-5-6-7-8-9-10-14-17-19-18-15-12-11-13-16-18;/h11-13,15-16H,2-10,14,17H2,1H3;1H/q+1;/p-1. The van der Waals surface area contributed by atoms with E-state index in [1.165, 1.54) is 57.8 Å². The summed E-state index contributed by atoms with van der Waals surface area (Å²) in [5.41, 5.74) is 0. The van der Waals surface area contributed by atoms with E-state index in [1.807, 2.05) is 30.6 Å². The van der Waals surface area contributed by atoms with Gasteiger partial charge in [-0.1, -0.05) is 64.4 Å². The topological polar surface area (TPSA) is 13.1 Å². The van der Waals surface area contributed by atoms with Crippen LogP contribution in [0, 0.1) is 0 Å². The summed E-state index contributed by atoms with van der Waals surface area (Å²) in [4.78, 5) is 5.59. The van der Waals surface area contributed by atoms with Crippen molar-refractivity contribution in [3.63, 3.8) is 0 Å². The Kier molecular flexibility index (Phi) is 14.4. The van der Waals surface area contributed by atoms with Gasteiger partial charge in [0.2, 0.25) is 12.4 Å². The minimum Gasteiger partial charge on any atom is -1.00 e. The van der Waals surface area contributed by atoms with Gasteiger partial charge in [-0.25, -0.2) is 0 Å². The highest BCUT2D eigenvalue weighted by molar-refractivity contribution is 4.83. The highest BCUT2D eigenvalue weighted by Crippen LogP contribution is 2.10. The Hall–Kier alpha value is -0.570. The van der Waals surface area contributed by atoms with Crippen molar-refractivity contribution in [2.75, 3.05) is 6.61 Å². The molecule has 2 nitrogen and oxygen atoms in total. The summed E-state index contributed by atoms with van der Waals surface area (Å²) < 4.78 is 1.79. The number of unbranched alkanes of at least 4 members (excludes halogenated alkanes) is 9. The van der Waals surface area contributed by atoms with Crippen LogP contribution < -0.4 is 26.5 Å². The van der Waals surface area contributed by atoms with Crippen LogP contribution in [0.2, 0.25) is 0 Å². The first-order valence-electron chi connectivity index (χ1n) is 8.03. The molecule has 3 heteroatoms. The summed E-state index contributed by atoms with van der Waals surface area (Å²) in [6.07, 6.45) is 17.6. The third-order valence-corrected chi connectivity index (χ3v) is 3.43.